The van der Waals surface area contributed by atoms with Gasteiger partial charge >= 0.3 is 5.97 Å². The fourth-order valence-corrected chi connectivity index (χ4v) is 2.52. The van der Waals surface area contributed by atoms with E-state index in [1.54, 1.807) is 26.0 Å². The lowest BCUT2D eigenvalue weighted by Gasteiger charge is -2.16. The van der Waals surface area contributed by atoms with Crippen LogP contribution in [-0.4, -0.2) is 27.9 Å². The zero-order valence-electron chi connectivity index (χ0n) is 14.6. The van der Waals surface area contributed by atoms with Crippen molar-refractivity contribution in [3.05, 3.63) is 47.0 Å². The Labute approximate surface area is 150 Å². The number of aromatic hydroxyl groups is 1. The van der Waals surface area contributed by atoms with Gasteiger partial charge in [0, 0.05) is 5.69 Å². The lowest BCUT2D eigenvalue weighted by atomic mass is 10.1. The van der Waals surface area contributed by atoms with E-state index < -0.39 is 18.3 Å². The van der Waals surface area contributed by atoms with Crippen LogP contribution in [0, 0.1) is 13.8 Å². The maximum atomic E-state index is 11.8. The third kappa shape index (κ3) is 4.60. The molecule has 136 valence electrons. The summed E-state index contributed by atoms with van der Waals surface area (Å²) in [5.74, 6) is -1.29. The Bertz CT molecular complexity index is 865. The summed E-state index contributed by atoms with van der Waals surface area (Å²) in [6.45, 7) is 4.91. The number of phenolic OH excluding ortho intramolecular Hbond substituents is 1. The average molecular weight is 357 g/mol. The zero-order chi connectivity index (χ0) is 19.4. The highest BCUT2D eigenvalue weighted by Crippen LogP contribution is 2.34. The first-order valence-corrected chi connectivity index (χ1v) is 7.82. The van der Waals surface area contributed by atoms with Gasteiger partial charge in [0.05, 0.1) is 5.56 Å². The summed E-state index contributed by atoms with van der Waals surface area (Å²) in [6.07, 6.45) is -0.619. The Morgan fingerprint density at radius 3 is 2.23 bits per heavy atom. The maximum Gasteiger partial charge on any atom is 0.312 e. The molecule has 0 spiro atoms. The highest BCUT2D eigenvalue weighted by atomic mass is 16.5. The summed E-state index contributed by atoms with van der Waals surface area (Å²) in [7, 11) is 0. The van der Waals surface area contributed by atoms with E-state index in [1.807, 2.05) is 0 Å². The lowest BCUT2D eigenvalue weighted by Crippen LogP contribution is -2.16. The number of aliphatic carboxylic acids is 1. The van der Waals surface area contributed by atoms with Crippen LogP contribution in [0.2, 0.25) is 0 Å². The number of ether oxygens (including phenoxy) is 1. The summed E-state index contributed by atoms with van der Waals surface area (Å²) in [5.41, 5.74) is 2.09. The average Bonchev–Trinajstić information content (AvgIpc) is 2.51. The van der Waals surface area contributed by atoms with Gasteiger partial charge in [0.2, 0.25) is 5.91 Å². The summed E-state index contributed by atoms with van der Waals surface area (Å²) in [5, 5.41) is 20.7. The zero-order valence-corrected chi connectivity index (χ0v) is 14.6. The van der Waals surface area contributed by atoms with Crippen LogP contribution in [0.3, 0.4) is 0 Å². The quantitative estimate of drug-likeness (QED) is 0.539. The monoisotopic (exact) mass is 357 g/mol. The summed E-state index contributed by atoms with van der Waals surface area (Å²) < 4.78 is 5.87. The van der Waals surface area contributed by atoms with Gasteiger partial charge in [-0.2, -0.15) is 0 Å². The minimum absolute atomic E-state index is 0.0347. The summed E-state index contributed by atoms with van der Waals surface area (Å²) in [6, 6.07) is 7.56. The SMILES string of the molecule is CC(=O)c1cc(O)ccc1Oc1c(C)cc(NC(=O)CC(=O)O)cc1C. The van der Waals surface area contributed by atoms with Crippen LogP contribution in [0.1, 0.15) is 34.8 Å². The minimum atomic E-state index is -1.21. The number of carbonyl (C=O) groups is 3. The Hall–Kier alpha value is -3.35. The summed E-state index contributed by atoms with van der Waals surface area (Å²) >= 11 is 0. The van der Waals surface area contributed by atoms with Crippen molar-refractivity contribution in [3.63, 3.8) is 0 Å². The highest BCUT2D eigenvalue weighted by Gasteiger charge is 2.15. The molecule has 7 heteroatoms. The molecule has 1 amide bonds. The van der Waals surface area contributed by atoms with Gasteiger partial charge in [-0.1, -0.05) is 0 Å². The molecule has 2 aromatic rings. The molecule has 0 radical (unpaired) electrons. The molecular formula is C19H19NO6. The third-order valence-electron chi connectivity index (χ3n) is 3.61. The smallest absolute Gasteiger partial charge is 0.312 e. The van der Waals surface area contributed by atoms with Gasteiger partial charge in [-0.25, -0.2) is 0 Å². The van der Waals surface area contributed by atoms with Crippen molar-refractivity contribution in [2.75, 3.05) is 5.32 Å². The first kappa shape index (κ1) is 19.0. The molecule has 0 saturated heterocycles. The molecule has 0 heterocycles. The molecule has 0 saturated carbocycles. The molecule has 3 N–H and O–H groups in total. The number of rotatable bonds is 6. The molecular weight excluding hydrogens is 338 g/mol. The van der Waals surface area contributed by atoms with Crippen molar-refractivity contribution >= 4 is 23.3 Å². The van der Waals surface area contributed by atoms with E-state index in [-0.39, 0.29) is 17.1 Å². The predicted molar refractivity (Wildman–Crippen MR) is 95.0 cm³/mol. The Kier molecular flexibility index (Phi) is 5.61. The second-order valence-electron chi connectivity index (χ2n) is 5.90. The second-order valence-corrected chi connectivity index (χ2v) is 5.90. The van der Waals surface area contributed by atoms with E-state index in [4.69, 9.17) is 9.84 Å². The minimum Gasteiger partial charge on any atom is -0.508 e. The number of carboxylic acids is 1. The number of anilines is 1. The number of amides is 1. The number of Topliss-reactive ketones (excluding diaryl/α,β-unsaturated/α-hetero) is 1. The van der Waals surface area contributed by atoms with Crippen LogP contribution in [0.4, 0.5) is 5.69 Å². The van der Waals surface area contributed by atoms with Gasteiger partial charge < -0.3 is 20.3 Å². The van der Waals surface area contributed by atoms with Crippen LogP contribution >= 0.6 is 0 Å². The number of benzene rings is 2. The Morgan fingerprint density at radius 2 is 1.69 bits per heavy atom. The molecule has 7 nitrogen and oxygen atoms in total. The van der Waals surface area contributed by atoms with E-state index in [1.165, 1.54) is 25.1 Å². The molecule has 2 aromatic carbocycles. The third-order valence-corrected chi connectivity index (χ3v) is 3.61. The van der Waals surface area contributed by atoms with E-state index >= 15 is 0 Å². The number of aryl methyl sites for hydroxylation is 2. The van der Waals surface area contributed by atoms with Crippen molar-refractivity contribution < 1.29 is 29.3 Å². The molecule has 0 bridgehead atoms. The molecule has 0 unspecified atom stereocenters. The first-order valence-electron chi connectivity index (χ1n) is 7.82. The van der Waals surface area contributed by atoms with Crippen molar-refractivity contribution in [2.24, 2.45) is 0 Å². The fraction of sp³-hybridized carbons (Fsp3) is 0.211. The highest BCUT2D eigenvalue weighted by molar-refractivity contribution is 6.01. The lowest BCUT2D eigenvalue weighted by molar-refractivity contribution is -0.139. The number of carbonyl (C=O) groups excluding carboxylic acids is 2. The van der Waals surface area contributed by atoms with Crippen LogP contribution in [0.25, 0.3) is 0 Å². The second kappa shape index (κ2) is 7.69. The molecule has 0 aromatic heterocycles. The molecule has 0 aliphatic carbocycles. The van der Waals surface area contributed by atoms with Gasteiger partial charge in [0.25, 0.3) is 0 Å². The van der Waals surface area contributed by atoms with Gasteiger partial charge in [0.1, 0.15) is 23.7 Å². The van der Waals surface area contributed by atoms with E-state index in [9.17, 15) is 19.5 Å². The van der Waals surface area contributed by atoms with E-state index in [0.29, 0.717) is 28.3 Å². The number of carboxylic acid groups (broad SMARTS) is 1. The molecule has 26 heavy (non-hydrogen) atoms. The largest absolute Gasteiger partial charge is 0.508 e. The van der Waals surface area contributed by atoms with Crippen LogP contribution in [-0.2, 0) is 9.59 Å². The number of phenols is 1. The first-order chi connectivity index (χ1) is 12.2. The molecule has 0 fully saturated rings. The normalized spacial score (nSPS) is 10.3. The van der Waals surface area contributed by atoms with Crippen LogP contribution < -0.4 is 10.1 Å². The van der Waals surface area contributed by atoms with Crippen LogP contribution in [0.15, 0.2) is 30.3 Å². The molecule has 0 aliphatic heterocycles. The van der Waals surface area contributed by atoms with Gasteiger partial charge in [0.15, 0.2) is 5.78 Å². The van der Waals surface area contributed by atoms with Crippen molar-refractivity contribution in [1.82, 2.24) is 0 Å². The number of ketones is 1. The molecule has 0 aliphatic rings. The Morgan fingerprint density at radius 1 is 1.08 bits per heavy atom. The molecule has 2 rings (SSSR count). The van der Waals surface area contributed by atoms with Crippen molar-refractivity contribution in [2.45, 2.75) is 27.2 Å². The topological polar surface area (TPSA) is 113 Å². The van der Waals surface area contributed by atoms with Crippen molar-refractivity contribution in [1.29, 1.82) is 0 Å². The van der Waals surface area contributed by atoms with Gasteiger partial charge in [-0.15, -0.1) is 0 Å². The van der Waals surface area contributed by atoms with E-state index in [2.05, 4.69) is 5.32 Å². The fourth-order valence-electron chi connectivity index (χ4n) is 2.52. The standard InChI is InChI=1S/C19H19NO6/c1-10-6-13(20-17(23)9-18(24)25)7-11(2)19(10)26-16-5-4-14(22)8-15(16)12(3)21/h4-8,22H,9H2,1-3H3,(H,20,23)(H,24,25). The number of hydrogen-bond donors (Lipinski definition) is 3. The number of hydrogen-bond acceptors (Lipinski definition) is 5. The van der Waals surface area contributed by atoms with Crippen LogP contribution in [0.5, 0.6) is 17.2 Å². The molecule has 0 atom stereocenters. The maximum absolute atomic E-state index is 11.8. The predicted octanol–water partition coefficient (Wildman–Crippen LogP) is 3.42. The Balaban J connectivity index is 2.31. The van der Waals surface area contributed by atoms with Gasteiger partial charge in [-0.3, -0.25) is 14.4 Å². The number of nitrogens with one attached hydrogen (secondary N) is 1. The van der Waals surface area contributed by atoms with Crippen molar-refractivity contribution in [3.8, 4) is 17.2 Å². The van der Waals surface area contributed by atoms with E-state index in [0.717, 1.165) is 0 Å². The summed E-state index contributed by atoms with van der Waals surface area (Å²) in [4.78, 5) is 33.9. The van der Waals surface area contributed by atoms with Gasteiger partial charge in [-0.05, 0) is 62.2 Å².